The summed E-state index contributed by atoms with van der Waals surface area (Å²) in [6, 6.07) is 4.91. The number of aromatic nitrogens is 1. The number of nitrogens with two attached hydrogens (primary N) is 2. The number of hydrogen-bond donors (Lipinski definition) is 6. The second-order valence-electron chi connectivity index (χ2n) is 9.75. The molecule has 0 aliphatic rings. The molecule has 0 saturated heterocycles. The molecule has 0 aliphatic carbocycles. The first kappa shape index (κ1) is 28.1. The summed E-state index contributed by atoms with van der Waals surface area (Å²) < 4.78 is 10.8. The minimum absolute atomic E-state index is 0.0299. The number of carboxylic acid groups (broad SMARTS) is 1. The molecular weight excluding hydrogens is 468 g/mol. The molecule has 0 spiro atoms. The van der Waals surface area contributed by atoms with Gasteiger partial charge in [0.2, 0.25) is 5.89 Å². The molecule has 1 aromatic carbocycles. The molecule has 2 aromatic rings. The van der Waals surface area contributed by atoms with Crippen LogP contribution in [0.5, 0.6) is 0 Å². The zero-order valence-electron chi connectivity index (χ0n) is 21.1. The normalized spacial score (nSPS) is 12.9. The highest BCUT2D eigenvalue weighted by Gasteiger charge is 2.27. The molecule has 196 valence electrons. The largest absolute Gasteiger partial charge is 0.480 e. The highest BCUT2D eigenvalue weighted by molar-refractivity contribution is 5.94. The van der Waals surface area contributed by atoms with E-state index in [1.165, 1.54) is 0 Å². The number of oxazole rings is 1. The van der Waals surface area contributed by atoms with Crippen LogP contribution < -0.4 is 27.1 Å². The molecule has 0 saturated carbocycles. The van der Waals surface area contributed by atoms with Crippen molar-refractivity contribution in [2.45, 2.75) is 65.1 Å². The Morgan fingerprint density at radius 2 is 1.78 bits per heavy atom. The van der Waals surface area contributed by atoms with Gasteiger partial charge in [0, 0.05) is 6.42 Å². The van der Waals surface area contributed by atoms with Crippen molar-refractivity contribution in [1.82, 2.24) is 15.6 Å². The first-order valence-corrected chi connectivity index (χ1v) is 11.5. The number of nitrogens with zero attached hydrogens (tertiary/aromatic N) is 1. The maximum atomic E-state index is 12.7. The summed E-state index contributed by atoms with van der Waals surface area (Å²) in [6.45, 7) is 9.16. The fourth-order valence-electron chi connectivity index (χ4n) is 3.25. The SMILES string of the molecule is CC(C)C[C@H](NC(=O)OC(C)(C)C)c1nc(C(=O)N[C@@H](Cc2ccc([NH+]=C(N)N)cc2)C(=O)O)co1. The topological polar surface area (TPSA) is 197 Å². The minimum Gasteiger partial charge on any atom is -0.480 e. The molecule has 0 unspecified atom stereocenters. The van der Waals surface area contributed by atoms with Crippen LogP contribution in [0.4, 0.5) is 10.5 Å². The van der Waals surface area contributed by atoms with Crippen molar-refractivity contribution >= 4 is 29.6 Å². The molecule has 1 aromatic heterocycles. The molecule has 0 bridgehead atoms. The smallest absolute Gasteiger partial charge is 0.408 e. The van der Waals surface area contributed by atoms with Gasteiger partial charge in [-0.1, -0.05) is 26.0 Å². The van der Waals surface area contributed by atoms with Crippen molar-refractivity contribution in [2.75, 3.05) is 0 Å². The summed E-state index contributed by atoms with van der Waals surface area (Å²) in [5, 5.41) is 14.8. The molecule has 12 nitrogen and oxygen atoms in total. The van der Waals surface area contributed by atoms with Gasteiger partial charge in [-0.2, -0.15) is 0 Å². The molecule has 8 N–H and O–H groups in total. The van der Waals surface area contributed by atoms with Gasteiger partial charge >= 0.3 is 18.0 Å². The maximum Gasteiger partial charge on any atom is 0.408 e. The first-order chi connectivity index (χ1) is 16.7. The first-order valence-electron chi connectivity index (χ1n) is 11.5. The number of carboxylic acids is 1. The van der Waals surface area contributed by atoms with Crippen molar-refractivity contribution in [3.05, 3.63) is 47.7 Å². The van der Waals surface area contributed by atoms with Crippen molar-refractivity contribution in [3.63, 3.8) is 0 Å². The lowest BCUT2D eigenvalue weighted by Gasteiger charge is -2.23. The van der Waals surface area contributed by atoms with E-state index < -0.39 is 35.7 Å². The van der Waals surface area contributed by atoms with Crippen LogP contribution in [0.3, 0.4) is 0 Å². The quantitative estimate of drug-likeness (QED) is 0.200. The third-order valence-electron chi connectivity index (χ3n) is 4.74. The summed E-state index contributed by atoms with van der Waals surface area (Å²) in [5.41, 5.74) is 11.3. The van der Waals surface area contributed by atoms with Gasteiger partial charge in [0.05, 0.1) is 5.69 Å². The van der Waals surface area contributed by atoms with E-state index in [-0.39, 0.29) is 29.9 Å². The molecule has 36 heavy (non-hydrogen) atoms. The Hall–Kier alpha value is -4.09. The van der Waals surface area contributed by atoms with Crippen LogP contribution in [-0.4, -0.2) is 45.7 Å². The van der Waals surface area contributed by atoms with E-state index in [0.717, 1.165) is 6.26 Å². The number of nitrogens with one attached hydrogen (secondary N) is 3. The van der Waals surface area contributed by atoms with Crippen LogP contribution in [0, 0.1) is 5.92 Å². The highest BCUT2D eigenvalue weighted by Crippen LogP contribution is 2.22. The second kappa shape index (κ2) is 12.0. The lowest BCUT2D eigenvalue weighted by molar-refractivity contribution is -0.356. The van der Waals surface area contributed by atoms with Crippen molar-refractivity contribution in [3.8, 4) is 0 Å². The van der Waals surface area contributed by atoms with E-state index in [9.17, 15) is 19.5 Å². The van der Waals surface area contributed by atoms with Gasteiger partial charge in [0.25, 0.3) is 5.91 Å². The van der Waals surface area contributed by atoms with Crippen molar-refractivity contribution in [1.29, 1.82) is 0 Å². The Kier molecular flexibility index (Phi) is 9.42. The molecule has 12 heteroatoms. The molecule has 0 fully saturated rings. The van der Waals surface area contributed by atoms with E-state index in [1.54, 1.807) is 45.0 Å². The Labute approximate surface area is 209 Å². The molecular formula is C24H35N6O6+. The fraction of sp³-hybridized carbons (Fsp3) is 0.458. The zero-order valence-corrected chi connectivity index (χ0v) is 21.1. The third-order valence-corrected chi connectivity index (χ3v) is 4.74. The summed E-state index contributed by atoms with van der Waals surface area (Å²) in [6.07, 6.45) is 1.000. The van der Waals surface area contributed by atoms with Crippen molar-refractivity contribution < 1.29 is 33.6 Å². The Balaban J connectivity index is 2.12. The number of amides is 2. The maximum absolute atomic E-state index is 12.7. The fourth-order valence-corrected chi connectivity index (χ4v) is 3.25. The summed E-state index contributed by atoms with van der Waals surface area (Å²) in [5.74, 6) is -1.61. The Morgan fingerprint density at radius 3 is 2.31 bits per heavy atom. The zero-order chi connectivity index (χ0) is 27.0. The van der Waals surface area contributed by atoms with Crippen LogP contribution in [-0.2, 0) is 16.0 Å². The van der Waals surface area contributed by atoms with Gasteiger partial charge in [-0.3, -0.25) is 16.3 Å². The van der Waals surface area contributed by atoms with Crippen molar-refractivity contribution in [2.24, 2.45) is 17.4 Å². The standard InChI is InChI=1S/C24H34N6O6/c1-13(2)10-16(30-23(34)36-24(3,4)5)20-29-18(12-35-20)19(31)28-17(21(32)33)11-14-6-8-15(9-7-14)27-22(25)26/h6-9,12-13,16-17H,10-11H2,1-5H3,(H,28,31)(H,30,34)(H,32,33)(H4,25,26,27)/p+1/t16-,17-/m0/s1. The van der Waals surface area contributed by atoms with Crippen LogP contribution >= 0.6 is 0 Å². The Morgan fingerprint density at radius 1 is 1.14 bits per heavy atom. The molecule has 0 aliphatic heterocycles. The highest BCUT2D eigenvalue weighted by atomic mass is 16.6. The number of hydrogen-bond acceptors (Lipinski definition) is 6. The average Bonchev–Trinajstić information content (AvgIpc) is 3.22. The molecule has 0 radical (unpaired) electrons. The van der Waals surface area contributed by atoms with Crippen LogP contribution in [0.1, 0.15) is 69.0 Å². The number of alkyl carbamates (subject to hydrolysis) is 1. The minimum atomic E-state index is -1.21. The molecule has 1 heterocycles. The number of aliphatic carboxylic acids is 1. The van der Waals surface area contributed by atoms with Crippen LogP contribution in [0.25, 0.3) is 0 Å². The Bertz CT molecular complexity index is 1080. The molecule has 2 amide bonds. The predicted molar refractivity (Wildman–Crippen MR) is 131 cm³/mol. The van der Waals surface area contributed by atoms with E-state index >= 15 is 0 Å². The van der Waals surface area contributed by atoms with E-state index in [2.05, 4.69) is 20.6 Å². The molecule has 2 atom stereocenters. The second-order valence-corrected chi connectivity index (χ2v) is 9.75. The molecule has 2 rings (SSSR count). The number of benzene rings is 1. The van der Waals surface area contributed by atoms with E-state index in [0.29, 0.717) is 17.7 Å². The monoisotopic (exact) mass is 503 g/mol. The average molecular weight is 504 g/mol. The van der Waals surface area contributed by atoms with Gasteiger partial charge in [-0.05, 0) is 50.8 Å². The van der Waals surface area contributed by atoms with Crippen LogP contribution in [0.15, 0.2) is 34.9 Å². The number of carbonyl (C=O) groups is 3. The van der Waals surface area contributed by atoms with Crippen LogP contribution in [0.2, 0.25) is 0 Å². The van der Waals surface area contributed by atoms with Gasteiger partial charge in [0.1, 0.15) is 23.9 Å². The number of ether oxygens (including phenoxy) is 1. The number of carbonyl (C=O) groups excluding carboxylic acids is 2. The lowest BCUT2D eigenvalue weighted by atomic mass is 10.0. The van der Waals surface area contributed by atoms with Gasteiger partial charge in [-0.25, -0.2) is 19.6 Å². The third kappa shape index (κ3) is 9.28. The van der Waals surface area contributed by atoms with Gasteiger partial charge in [-0.15, -0.1) is 0 Å². The van der Waals surface area contributed by atoms with E-state index in [1.807, 2.05) is 13.8 Å². The lowest BCUT2D eigenvalue weighted by Crippen LogP contribution is -2.72. The predicted octanol–water partition coefficient (Wildman–Crippen LogP) is 0.698. The van der Waals surface area contributed by atoms with E-state index in [4.69, 9.17) is 20.6 Å². The summed E-state index contributed by atoms with van der Waals surface area (Å²) in [4.78, 5) is 43.7. The number of guanidine groups is 1. The number of rotatable bonds is 10. The summed E-state index contributed by atoms with van der Waals surface area (Å²) in [7, 11) is 0. The van der Waals surface area contributed by atoms with Gasteiger partial charge < -0.3 is 24.9 Å². The van der Waals surface area contributed by atoms with Gasteiger partial charge in [0.15, 0.2) is 5.69 Å². The summed E-state index contributed by atoms with van der Waals surface area (Å²) >= 11 is 0.